The maximum absolute atomic E-state index is 12.5. The molecule has 0 bridgehead atoms. The van der Waals surface area contributed by atoms with Gasteiger partial charge in [0.25, 0.3) is 0 Å². The zero-order valence-corrected chi connectivity index (χ0v) is 14.5. The summed E-state index contributed by atoms with van der Waals surface area (Å²) in [6.07, 6.45) is 7.11. The largest absolute Gasteiger partial charge is 0.341 e. The average Bonchev–Trinajstić information content (AvgIpc) is 2.97. The van der Waals surface area contributed by atoms with E-state index in [1.165, 1.54) is 34.8 Å². The van der Waals surface area contributed by atoms with Gasteiger partial charge in [-0.1, -0.05) is 13.8 Å². The summed E-state index contributed by atoms with van der Waals surface area (Å²) in [6, 6.07) is -0.372. The number of nitrogens with two attached hydrogens (primary N) is 1. The number of carbonyl (C=O) groups excluding carboxylic acids is 1. The zero-order chi connectivity index (χ0) is 15.7. The second kappa shape index (κ2) is 6.67. The number of hydrogen-bond acceptors (Lipinski definition) is 4. The Morgan fingerprint density at radius 2 is 2.09 bits per heavy atom. The van der Waals surface area contributed by atoms with Crippen LogP contribution in [0.1, 0.15) is 61.0 Å². The third kappa shape index (κ3) is 3.20. The quantitative estimate of drug-likeness (QED) is 0.931. The fourth-order valence-electron chi connectivity index (χ4n) is 3.42. The SMILES string of the molecule is CC(C)[C@H](N)C(=O)N1CCCC(c2nc3c(s2)CCCC3)C1. The van der Waals surface area contributed by atoms with Crippen molar-refractivity contribution in [3.05, 3.63) is 15.6 Å². The van der Waals surface area contributed by atoms with Gasteiger partial charge in [0.2, 0.25) is 5.91 Å². The van der Waals surface area contributed by atoms with Gasteiger partial charge in [-0.15, -0.1) is 11.3 Å². The molecule has 0 radical (unpaired) electrons. The average molecular weight is 321 g/mol. The van der Waals surface area contributed by atoms with Gasteiger partial charge in [-0.3, -0.25) is 4.79 Å². The molecule has 2 atom stereocenters. The zero-order valence-electron chi connectivity index (χ0n) is 13.7. The van der Waals surface area contributed by atoms with Gasteiger partial charge in [0.05, 0.1) is 16.7 Å². The van der Waals surface area contributed by atoms with E-state index in [1.54, 1.807) is 0 Å². The number of likely N-dealkylation sites (tertiary alicyclic amines) is 1. The number of carbonyl (C=O) groups is 1. The summed E-state index contributed by atoms with van der Waals surface area (Å²) in [5.74, 6) is 0.716. The van der Waals surface area contributed by atoms with Crippen LogP contribution in [0.15, 0.2) is 0 Å². The monoisotopic (exact) mass is 321 g/mol. The smallest absolute Gasteiger partial charge is 0.239 e. The Morgan fingerprint density at radius 3 is 2.82 bits per heavy atom. The molecule has 1 aliphatic carbocycles. The number of aromatic nitrogens is 1. The highest BCUT2D eigenvalue weighted by Gasteiger charge is 2.31. The van der Waals surface area contributed by atoms with E-state index in [0.29, 0.717) is 5.92 Å². The minimum atomic E-state index is -0.372. The third-order valence-electron chi connectivity index (χ3n) is 4.95. The first-order valence-electron chi connectivity index (χ1n) is 8.59. The first-order chi connectivity index (χ1) is 10.6. The summed E-state index contributed by atoms with van der Waals surface area (Å²) < 4.78 is 0. The highest BCUT2D eigenvalue weighted by atomic mass is 32.1. The van der Waals surface area contributed by atoms with Crippen molar-refractivity contribution in [2.24, 2.45) is 11.7 Å². The van der Waals surface area contributed by atoms with Crippen molar-refractivity contribution in [2.75, 3.05) is 13.1 Å². The highest BCUT2D eigenvalue weighted by Crippen LogP contribution is 2.34. The van der Waals surface area contributed by atoms with Gasteiger partial charge in [-0.25, -0.2) is 4.98 Å². The number of amides is 1. The molecule has 5 heteroatoms. The van der Waals surface area contributed by atoms with Crippen LogP contribution in [0.2, 0.25) is 0 Å². The van der Waals surface area contributed by atoms with E-state index >= 15 is 0 Å². The summed E-state index contributed by atoms with van der Waals surface area (Å²) in [6.45, 7) is 5.67. The minimum absolute atomic E-state index is 0.112. The molecule has 22 heavy (non-hydrogen) atoms. The number of fused-ring (bicyclic) bond motifs is 1. The Bertz CT molecular complexity index is 517. The van der Waals surface area contributed by atoms with Crippen molar-refractivity contribution >= 4 is 17.2 Å². The van der Waals surface area contributed by atoms with Crippen LogP contribution in [-0.2, 0) is 17.6 Å². The lowest BCUT2D eigenvalue weighted by Gasteiger charge is -2.34. The first kappa shape index (κ1) is 15.9. The molecular formula is C17H27N3OS. The molecule has 0 aromatic carbocycles. The fourth-order valence-corrected chi connectivity index (χ4v) is 4.70. The number of piperidine rings is 1. The van der Waals surface area contributed by atoms with Crippen LogP contribution in [0.25, 0.3) is 0 Å². The molecule has 1 aliphatic heterocycles. The normalized spacial score (nSPS) is 23.5. The van der Waals surface area contributed by atoms with Crippen molar-refractivity contribution in [1.29, 1.82) is 0 Å². The lowest BCUT2D eigenvalue weighted by molar-refractivity contribution is -0.134. The van der Waals surface area contributed by atoms with Gasteiger partial charge < -0.3 is 10.6 Å². The molecule has 1 fully saturated rings. The molecule has 2 heterocycles. The topological polar surface area (TPSA) is 59.2 Å². The van der Waals surface area contributed by atoms with Crippen molar-refractivity contribution in [3.63, 3.8) is 0 Å². The van der Waals surface area contributed by atoms with Gasteiger partial charge >= 0.3 is 0 Å². The fraction of sp³-hybridized carbons (Fsp3) is 0.765. The number of aryl methyl sites for hydroxylation is 2. The molecule has 0 spiro atoms. The highest BCUT2D eigenvalue weighted by molar-refractivity contribution is 7.11. The summed E-state index contributed by atoms with van der Waals surface area (Å²) in [7, 11) is 0. The Hall–Kier alpha value is -0.940. The Balaban J connectivity index is 1.70. The number of hydrogen-bond donors (Lipinski definition) is 1. The van der Waals surface area contributed by atoms with Crippen LogP contribution < -0.4 is 5.73 Å². The Morgan fingerprint density at radius 1 is 1.32 bits per heavy atom. The van der Waals surface area contributed by atoms with Crippen molar-refractivity contribution in [1.82, 2.24) is 9.88 Å². The van der Waals surface area contributed by atoms with E-state index in [4.69, 9.17) is 10.7 Å². The number of nitrogens with zero attached hydrogens (tertiary/aromatic N) is 2. The predicted octanol–water partition coefficient (Wildman–Crippen LogP) is 2.71. The predicted molar refractivity (Wildman–Crippen MR) is 90.1 cm³/mol. The summed E-state index contributed by atoms with van der Waals surface area (Å²) in [5.41, 5.74) is 7.38. The maximum atomic E-state index is 12.5. The van der Waals surface area contributed by atoms with E-state index in [2.05, 4.69) is 0 Å². The van der Waals surface area contributed by atoms with Crippen LogP contribution in [0.3, 0.4) is 0 Å². The van der Waals surface area contributed by atoms with Crippen LogP contribution in [0, 0.1) is 5.92 Å². The maximum Gasteiger partial charge on any atom is 0.239 e. The molecule has 1 aromatic heterocycles. The standard InChI is InChI=1S/C17H27N3OS/c1-11(2)15(18)17(21)20-9-5-6-12(10-20)16-19-13-7-3-4-8-14(13)22-16/h11-12,15H,3-10,18H2,1-2H3/t12?,15-/m0/s1. The van der Waals surface area contributed by atoms with Crippen LogP contribution in [0.5, 0.6) is 0 Å². The third-order valence-corrected chi connectivity index (χ3v) is 6.27. The van der Waals surface area contributed by atoms with Crippen molar-refractivity contribution < 1.29 is 4.79 Å². The minimum Gasteiger partial charge on any atom is -0.341 e. The molecule has 1 saturated heterocycles. The van der Waals surface area contributed by atoms with E-state index in [1.807, 2.05) is 30.1 Å². The molecule has 0 saturated carbocycles. The van der Waals surface area contributed by atoms with E-state index in [-0.39, 0.29) is 17.9 Å². The molecule has 122 valence electrons. The summed E-state index contributed by atoms with van der Waals surface area (Å²) in [5, 5.41) is 1.25. The second-order valence-electron chi connectivity index (χ2n) is 7.02. The Kier molecular flexibility index (Phi) is 4.83. The molecule has 2 N–H and O–H groups in total. The van der Waals surface area contributed by atoms with Gasteiger partial charge in [-0.05, 0) is 44.4 Å². The first-order valence-corrected chi connectivity index (χ1v) is 9.40. The van der Waals surface area contributed by atoms with Gasteiger partial charge in [0.1, 0.15) is 0 Å². The van der Waals surface area contributed by atoms with Gasteiger partial charge in [0, 0.05) is 23.9 Å². The van der Waals surface area contributed by atoms with Crippen molar-refractivity contribution in [2.45, 2.75) is 64.3 Å². The molecule has 1 unspecified atom stereocenters. The molecular weight excluding hydrogens is 294 g/mol. The number of thiazole rings is 1. The molecule has 3 rings (SSSR count). The van der Waals surface area contributed by atoms with Crippen molar-refractivity contribution in [3.8, 4) is 0 Å². The lowest BCUT2D eigenvalue weighted by Crippen LogP contribution is -2.49. The summed E-state index contributed by atoms with van der Waals surface area (Å²) >= 11 is 1.89. The number of rotatable bonds is 3. The van der Waals surface area contributed by atoms with Gasteiger partial charge in [-0.2, -0.15) is 0 Å². The van der Waals surface area contributed by atoms with Crippen LogP contribution >= 0.6 is 11.3 Å². The van der Waals surface area contributed by atoms with Crippen LogP contribution in [-0.4, -0.2) is 34.9 Å². The lowest BCUT2D eigenvalue weighted by atomic mass is 9.96. The van der Waals surface area contributed by atoms with Gasteiger partial charge in [0.15, 0.2) is 0 Å². The Labute approximate surface area is 137 Å². The van der Waals surface area contributed by atoms with E-state index in [9.17, 15) is 4.79 Å². The van der Waals surface area contributed by atoms with Crippen LogP contribution in [0.4, 0.5) is 0 Å². The molecule has 2 aliphatic rings. The molecule has 1 amide bonds. The second-order valence-corrected chi connectivity index (χ2v) is 8.14. The van der Waals surface area contributed by atoms with E-state index in [0.717, 1.165) is 32.4 Å². The molecule has 4 nitrogen and oxygen atoms in total. The summed E-state index contributed by atoms with van der Waals surface area (Å²) in [4.78, 5) is 20.9. The van der Waals surface area contributed by atoms with E-state index < -0.39 is 0 Å². The molecule has 1 aromatic rings.